The molecule has 2 N–H and O–H groups in total. The van der Waals surface area contributed by atoms with Crippen LogP contribution in [0.5, 0.6) is 11.5 Å². The first-order valence-electron chi connectivity index (χ1n) is 13.4. The molecule has 3 aliphatic carbocycles. The monoisotopic (exact) mass is 484 g/mol. The molecule has 2 saturated carbocycles. The van der Waals surface area contributed by atoms with Gasteiger partial charge in [-0.2, -0.15) is 0 Å². The molecule has 2 heterocycles. The molecule has 5 aliphatic rings. The first kappa shape index (κ1) is 23.6. The van der Waals surface area contributed by atoms with Gasteiger partial charge in [-0.05, 0) is 90.3 Å². The van der Waals surface area contributed by atoms with Gasteiger partial charge >= 0.3 is 5.97 Å². The molecule has 192 valence electrons. The molecule has 0 radical (unpaired) electrons. The molecule has 1 saturated heterocycles. The fraction of sp³-hybridized carbons (Fsp3) is 0.750. The van der Waals surface area contributed by atoms with Crippen molar-refractivity contribution in [2.75, 3.05) is 20.2 Å². The quantitative estimate of drug-likeness (QED) is 0.600. The lowest BCUT2D eigenvalue weighted by atomic mass is 9.48. The molecule has 0 aromatic heterocycles. The number of nitrogens with zero attached hydrogens (tertiary/aromatic N) is 1. The number of esters is 1. The van der Waals surface area contributed by atoms with Gasteiger partial charge in [0.15, 0.2) is 11.5 Å². The molecule has 2 bridgehead atoms. The summed E-state index contributed by atoms with van der Waals surface area (Å²) in [5.41, 5.74) is 1.18. The number of rotatable bonds is 6. The third-order valence-corrected chi connectivity index (χ3v) is 9.31. The Labute approximate surface area is 208 Å². The Morgan fingerprint density at radius 1 is 1.29 bits per heavy atom. The van der Waals surface area contributed by atoms with Crippen LogP contribution in [0.15, 0.2) is 12.1 Å². The van der Waals surface area contributed by atoms with Crippen LogP contribution in [0.1, 0.15) is 70.9 Å². The number of carbonyl (C=O) groups is 1. The van der Waals surface area contributed by atoms with Crippen molar-refractivity contribution in [3.8, 4) is 11.5 Å². The Balaban J connectivity index is 1.39. The smallest absolute Gasteiger partial charge is 0.323 e. The van der Waals surface area contributed by atoms with E-state index >= 15 is 0 Å². The van der Waals surface area contributed by atoms with E-state index in [1.807, 2.05) is 34.8 Å². The Kier molecular flexibility index (Phi) is 5.27. The SMILES string of the molecule is CO[C@@]12CCC(N[C@@H](C)C(=O)OC(C)(C)C)C3Oc4c(O)ccc5c4[C@@]31CCN(CC1CC1)[C@@H]2C5. The van der Waals surface area contributed by atoms with Crippen molar-refractivity contribution in [1.82, 2.24) is 10.2 Å². The van der Waals surface area contributed by atoms with Crippen LogP contribution in [0.4, 0.5) is 0 Å². The number of hydrogen-bond acceptors (Lipinski definition) is 7. The first-order valence-corrected chi connectivity index (χ1v) is 13.4. The van der Waals surface area contributed by atoms with Crippen LogP contribution in [0.2, 0.25) is 0 Å². The molecule has 7 heteroatoms. The van der Waals surface area contributed by atoms with Crippen molar-refractivity contribution in [3.05, 3.63) is 23.3 Å². The number of benzene rings is 1. The van der Waals surface area contributed by atoms with Crippen LogP contribution in [0.3, 0.4) is 0 Å². The van der Waals surface area contributed by atoms with Gasteiger partial charge in [0.25, 0.3) is 0 Å². The molecule has 2 unspecified atom stereocenters. The van der Waals surface area contributed by atoms with Crippen molar-refractivity contribution >= 4 is 5.97 Å². The van der Waals surface area contributed by atoms with Crippen LogP contribution in [0.25, 0.3) is 0 Å². The largest absolute Gasteiger partial charge is 0.504 e. The highest BCUT2D eigenvalue weighted by Crippen LogP contribution is 2.66. The minimum Gasteiger partial charge on any atom is -0.504 e. The van der Waals surface area contributed by atoms with Crippen LogP contribution in [0, 0.1) is 5.92 Å². The van der Waals surface area contributed by atoms with E-state index in [0.29, 0.717) is 11.8 Å². The highest BCUT2D eigenvalue weighted by molar-refractivity contribution is 5.75. The zero-order valence-electron chi connectivity index (χ0n) is 21.7. The second-order valence-electron chi connectivity index (χ2n) is 12.5. The molecule has 1 aromatic rings. The zero-order valence-corrected chi connectivity index (χ0v) is 21.7. The van der Waals surface area contributed by atoms with Crippen LogP contribution >= 0.6 is 0 Å². The average molecular weight is 485 g/mol. The van der Waals surface area contributed by atoms with Gasteiger partial charge < -0.3 is 19.3 Å². The maximum absolute atomic E-state index is 12.8. The van der Waals surface area contributed by atoms with Crippen molar-refractivity contribution < 1.29 is 24.1 Å². The third-order valence-electron chi connectivity index (χ3n) is 9.31. The van der Waals surface area contributed by atoms with Crippen LogP contribution in [-0.2, 0) is 26.1 Å². The summed E-state index contributed by atoms with van der Waals surface area (Å²) in [6.07, 6.45) is 6.04. The van der Waals surface area contributed by atoms with Gasteiger partial charge in [-0.25, -0.2) is 0 Å². The molecule has 3 fully saturated rings. The number of carbonyl (C=O) groups excluding carboxylic acids is 1. The van der Waals surface area contributed by atoms with E-state index in [4.69, 9.17) is 14.2 Å². The van der Waals surface area contributed by atoms with Gasteiger partial charge in [0.05, 0.1) is 11.0 Å². The number of hydrogen-bond donors (Lipinski definition) is 2. The van der Waals surface area contributed by atoms with Gasteiger partial charge in [-0.1, -0.05) is 6.07 Å². The zero-order chi connectivity index (χ0) is 24.8. The van der Waals surface area contributed by atoms with E-state index in [1.165, 1.54) is 18.4 Å². The maximum atomic E-state index is 12.8. The molecule has 7 nitrogen and oxygen atoms in total. The summed E-state index contributed by atoms with van der Waals surface area (Å²) in [5.74, 6) is 1.40. The number of piperidine rings is 1. The van der Waals surface area contributed by atoms with Gasteiger partial charge in [0.2, 0.25) is 0 Å². The Morgan fingerprint density at radius 3 is 2.74 bits per heavy atom. The average Bonchev–Trinajstić information content (AvgIpc) is 3.54. The van der Waals surface area contributed by atoms with E-state index in [9.17, 15) is 9.90 Å². The maximum Gasteiger partial charge on any atom is 0.323 e. The molecule has 6 atom stereocenters. The summed E-state index contributed by atoms with van der Waals surface area (Å²) < 4.78 is 19.0. The van der Waals surface area contributed by atoms with Crippen molar-refractivity contribution in [1.29, 1.82) is 0 Å². The molecule has 0 amide bonds. The van der Waals surface area contributed by atoms with E-state index in [0.717, 1.165) is 50.3 Å². The first-order chi connectivity index (χ1) is 16.6. The number of phenols is 1. The number of phenolic OH excluding ortho intramolecular Hbond substituents is 1. The van der Waals surface area contributed by atoms with Crippen molar-refractivity contribution in [2.24, 2.45) is 5.92 Å². The Hall–Kier alpha value is -1.83. The van der Waals surface area contributed by atoms with Crippen LogP contribution in [-0.4, -0.2) is 71.6 Å². The lowest BCUT2D eigenvalue weighted by molar-refractivity contribution is -0.208. The van der Waals surface area contributed by atoms with Crippen LogP contribution < -0.4 is 10.1 Å². The fourth-order valence-corrected chi connectivity index (χ4v) is 7.82. The molecule has 35 heavy (non-hydrogen) atoms. The number of likely N-dealkylation sites (tertiary alicyclic amines) is 1. The second-order valence-corrected chi connectivity index (χ2v) is 12.5. The summed E-state index contributed by atoms with van der Waals surface area (Å²) in [7, 11) is 1.87. The minimum atomic E-state index is -0.532. The Morgan fingerprint density at radius 2 is 2.06 bits per heavy atom. The van der Waals surface area contributed by atoms with Crippen molar-refractivity contribution in [3.63, 3.8) is 0 Å². The predicted octanol–water partition coefficient (Wildman–Crippen LogP) is 3.30. The van der Waals surface area contributed by atoms with E-state index in [2.05, 4.69) is 16.3 Å². The van der Waals surface area contributed by atoms with Gasteiger partial charge in [0.1, 0.15) is 17.7 Å². The number of ether oxygens (including phenoxy) is 3. The normalized spacial score (nSPS) is 36.3. The summed E-state index contributed by atoms with van der Waals surface area (Å²) in [6.45, 7) is 9.70. The fourth-order valence-electron chi connectivity index (χ4n) is 7.82. The predicted molar refractivity (Wildman–Crippen MR) is 132 cm³/mol. The molecular weight excluding hydrogens is 444 g/mol. The summed E-state index contributed by atoms with van der Waals surface area (Å²) in [5, 5.41) is 14.4. The van der Waals surface area contributed by atoms with Gasteiger partial charge in [-0.15, -0.1) is 0 Å². The minimum absolute atomic E-state index is 0.0471. The van der Waals surface area contributed by atoms with Crippen molar-refractivity contribution in [2.45, 2.75) is 107 Å². The third kappa shape index (κ3) is 3.37. The summed E-state index contributed by atoms with van der Waals surface area (Å²) in [6, 6.07) is 3.67. The molecule has 2 aliphatic heterocycles. The highest BCUT2D eigenvalue weighted by Gasteiger charge is 2.73. The lowest BCUT2D eigenvalue weighted by Gasteiger charge is -2.65. The molecule has 6 rings (SSSR count). The lowest BCUT2D eigenvalue weighted by Crippen LogP contribution is -2.79. The number of methoxy groups -OCH3 is 1. The topological polar surface area (TPSA) is 80.3 Å². The number of nitrogens with one attached hydrogen (secondary N) is 1. The summed E-state index contributed by atoms with van der Waals surface area (Å²) in [4.78, 5) is 15.5. The number of aromatic hydroxyl groups is 1. The summed E-state index contributed by atoms with van der Waals surface area (Å²) >= 11 is 0. The van der Waals surface area contributed by atoms with E-state index < -0.39 is 11.6 Å². The molecule has 1 aromatic carbocycles. The van der Waals surface area contributed by atoms with E-state index in [-0.39, 0.29) is 34.9 Å². The second kappa shape index (κ2) is 7.83. The standard InChI is InChI=1S/C28H40N2O5/c1-16(25(32)35-26(2,3)4)29-19-10-11-28(33-5)21-14-18-8-9-20(31)23-22(18)27(28,24(19)34-23)12-13-30(21)15-17-6-7-17/h8-9,16-17,19,21,24,29,31H,6-7,10-15H2,1-5H3/t16-,19?,21+,24?,27-,28+/m0/s1. The van der Waals surface area contributed by atoms with E-state index in [1.54, 1.807) is 6.07 Å². The van der Waals surface area contributed by atoms with Gasteiger partial charge in [-0.3, -0.25) is 15.0 Å². The molecule has 1 spiro atoms. The molecular formula is C28H40N2O5. The Bertz CT molecular complexity index is 1030. The highest BCUT2D eigenvalue weighted by atomic mass is 16.6. The van der Waals surface area contributed by atoms with Gasteiger partial charge in [0, 0.05) is 31.3 Å².